The van der Waals surface area contributed by atoms with E-state index in [1.54, 1.807) is 26.0 Å². The van der Waals surface area contributed by atoms with Gasteiger partial charge in [-0.15, -0.1) is 0 Å². The normalized spacial score (nSPS) is 11.8. The van der Waals surface area contributed by atoms with Gasteiger partial charge in [0.2, 0.25) is 5.88 Å². The minimum absolute atomic E-state index is 0.0695. The summed E-state index contributed by atoms with van der Waals surface area (Å²) >= 11 is 6.14. The molecule has 0 saturated carbocycles. The van der Waals surface area contributed by atoms with E-state index in [0.29, 0.717) is 11.3 Å². The van der Waals surface area contributed by atoms with Crippen molar-refractivity contribution in [1.29, 1.82) is 0 Å². The van der Waals surface area contributed by atoms with Crippen LogP contribution in [0.15, 0.2) is 47.5 Å². The Hall–Kier alpha value is -3.30. The molecule has 1 unspecified atom stereocenters. The van der Waals surface area contributed by atoms with Crippen molar-refractivity contribution in [3.63, 3.8) is 0 Å². The molecule has 0 fully saturated rings. The molecule has 2 aromatic carbocycles. The summed E-state index contributed by atoms with van der Waals surface area (Å²) in [6, 6.07) is 7.34. The number of aromatic nitrogens is 2. The van der Waals surface area contributed by atoms with Gasteiger partial charge in [0, 0.05) is 23.2 Å². The molecule has 3 aromatic rings. The number of halogens is 3. The van der Waals surface area contributed by atoms with Crippen molar-refractivity contribution >= 4 is 17.5 Å². The first kappa shape index (κ1) is 23.4. The number of ether oxygens (including phenoxy) is 1. The van der Waals surface area contributed by atoms with Gasteiger partial charge in [-0.1, -0.05) is 17.7 Å². The van der Waals surface area contributed by atoms with Crippen molar-refractivity contribution < 1.29 is 23.4 Å². The third-order valence-electron chi connectivity index (χ3n) is 4.65. The Balaban J connectivity index is 1.88. The Morgan fingerprint density at radius 2 is 2.03 bits per heavy atom. The van der Waals surface area contributed by atoms with Gasteiger partial charge in [0.15, 0.2) is 5.02 Å². The summed E-state index contributed by atoms with van der Waals surface area (Å²) in [4.78, 5) is 29.2. The number of benzene rings is 2. The minimum atomic E-state index is -0.796. The standard InChI is InChI=1S/C22H20ClF2N3O4/c1-12-3-4-14(20(30)27-13(2)9-29)7-18(12)28-11-26-21(19(23)22(28)31)32-10-15-5-6-16(24)8-17(15)25/h3-8,11,13,29H,9-10H2,1-2H3,(H,27,30). The van der Waals surface area contributed by atoms with Crippen LogP contribution in [0.2, 0.25) is 5.02 Å². The fraction of sp³-hybridized carbons (Fsp3) is 0.227. The fourth-order valence-corrected chi connectivity index (χ4v) is 3.03. The molecule has 0 saturated heterocycles. The van der Waals surface area contributed by atoms with Gasteiger partial charge in [0.1, 0.15) is 24.6 Å². The van der Waals surface area contributed by atoms with E-state index in [0.717, 1.165) is 16.7 Å². The van der Waals surface area contributed by atoms with Crippen LogP contribution in [0.1, 0.15) is 28.4 Å². The van der Waals surface area contributed by atoms with E-state index in [1.807, 2.05) is 0 Å². The predicted octanol–water partition coefficient (Wildman–Crippen LogP) is 3.16. The number of hydrogen-bond acceptors (Lipinski definition) is 5. The monoisotopic (exact) mass is 463 g/mol. The van der Waals surface area contributed by atoms with Crippen LogP contribution in [0.4, 0.5) is 8.78 Å². The molecule has 0 aliphatic rings. The fourth-order valence-electron chi connectivity index (χ4n) is 2.84. The quantitative estimate of drug-likeness (QED) is 0.561. The summed E-state index contributed by atoms with van der Waals surface area (Å²) in [6.07, 6.45) is 1.19. The number of carbonyl (C=O) groups is 1. The van der Waals surface area contributed by atoms with Crippen LogP contribution >= 0.6 is 11.6 Å². The SMILES string of the molecule is Cc1ccc(C(=O)NC(C)CO)cc1-n1cnc(OCc2ccc(F)cc2F)c(Cl)c1=O. The maximum absolute atomic E-state index is 13.8. The zero-order valence-corrected chi connectivity index (χ0v) is 18.0. The van der Waals surface area contributed by atoms with E-state index in [9.17, 15) is 18.4 Å². The van der Waals surface area contributed by atoms with Crippen LogP contribution in [0.5, 0.6) is 5.88 Å². The first-order valence-corrected chi connectivity index (χ1v) is 9.95. The zero-order valence-electron chi connectivity index (χ0n) is 17.2. The van der Waals surface area contributed by atoms with Gasteiger partial charge in [-0.25, -0.2) is 13.8 Å². The Morgan fingerprint density at radius 3 is 2.72 bits per heavy atom. The molecule has 1 atom stereocenters. The molecule has 7 nitrogen and oxygen atoms in total. The highest BCUT2D eigenvalue weighted by Crippen LogP contribution is 2.22. The number of aryl methyl sites for hydroxylation is 1. The molecule has 2 N–H and O–H groups in total. The van der Waals surface area contributed by atoms with E-state index >= 15 is 0 Å². The molecule has 1 amide bonds. The van der Waals surface area contributed by atoms with E-state index in [1.165, 1.54) is 18.5 Å². The highest BCUT2D eigenvalue weighted by atomic mass is 35.5. The first-order chi connectivity index (χ1) is 15.2. The average Bonchev–Trinajstić information content (AvgIpc) is 2.76. The number of aliphatic hydroxyl groups excluding tert-OH is 1. The first-order valence-electron chi connectivity index (χ1n) is 9.58. The minimum Gasteiger partial charge on any atom is -0.471 e. The summed E-state index contributed by atoms with van der Waals surface area (Å²) in [5.41, 5.74) is 0.755. The Kier molecular flexibility index (Phi) is 7.22. The summed E-state index contributed by atoms with van der Waals surface area (Å²) in [5, 5.41) is 11.4. The molecule has 0 bridgehead atoms. The highest BCUT2D eigenvalue weighted by Gasteiger charge is 2.16. The van der Waals surface area contributed by atoms with Crippen molar-refractivity contribution in [2.24, 2.45) is 0 Å². The molecule has 0 spiro atoms. The van der Waals surface area contributed by atoms with Crippen molar-refractivity contribution in [2.75, 3.05) is 6.61 Å². The van der Waals surface area contributed by atoms with Crippen molar-refractivity contribution in [3.8, 4) is 11.6 Å². The van der Waals surface area contributed by atoms with E-state index < -0.39 is 29.1 Å². The lowest BCUT2D eigenvalue weighted by molar-refractivity contribution is 0.0922. The lowest BCUT2D eigenvalue weighted by Crippen LogP contribution is -2.35. The number of aliphatic hydroxyl groups is 1. The molecule has 0 aliphatic carbocycles. The van der Waals surface area contributed by atoms with E-state index in [-0.39, 0.29) is 35.2 Å². The molecule has 1 aromatic heterocycles. The molecule has 3 rings (SSSR count). The van der Waals surface area contributed by atoms with Crippen LogP contribution in [0.3, 0.4) is 0 Å². The smallest absolute Gasteiger partial charge is 0.280 e. The molecular weight excluding hydrogens is 444 g/mol. The Morgan fingerprint density at radius 1 is 1.28 bits per heavy atom. The van der Waals surface area contributed by atoms with Gasteiger partial charge in [0.25, 0.3) is 11.5 Å². The summed E-state index contributed by atoms with van der Waals surface area (Å²) in [5.74, 6) is -2.14. The van der Waals surface area contributed by atoms with Crippen molar-refractivity contribution in [3.05, 3.63) is 86.4 Å². The second-order valence-electron chi connectivity index (χ2n) is 7.12. The maximum atomic E-state index is 13.8. The summed E-state index contributed by atoms with van der Waals surface area (Å²) in [6.45, 7) is 2.87. The van der Waals surface area contributed by atoms with E-state index in [2.05, 4.69) is 10.3 Å². The number of amides is 1. The van der Waals surface area contributed by atoms with Crippen LogP contribution in [0.25, 0.3) is 5.69 Å². The summed E-state index contributed by atoms with van der Waals surface area (Å²) in [7, 11) is 0. The predicted molar refractivity (Wildman–Crippen MR) is 114 cm³/mol. The second-order valence-corrected chi connectivity index (χ2v) is 7.50. The molecular formula is C22H20ClF2N3O4. The molecule has 1 heterocycles. The number of rotatable bonds is 7. The molecule has 32 heavy (non-hydrogen) atoms. The second kappa shape index (κ2) is 9.88. The van der Waals surface area contributed by atoms with Gasteiger partial charge in [-0.2, -0.15) is 0 Å². The molecule has 168 valence electrons. The van der Waals surface area contributed by atoms with Crippen LogP contribution in [-0.2, 0) is 6.61 Å². The number of hydrogen-bond donors (Lipinski definition) is 2. The number of carbonyl (C=O) groups excluding carboxylic acids is 1. The topological polar surface area (TPSA) is 93.5 Å². The third kappa shape index (κ3) is 5.12. The number of nitrogens with one attached hydrogen (secondary N) is 1. The lowest BCUT2D eigenvalue weighted by atomic mass is 10.1. The molecule has 0 aliphatic heterocycles. The zero-order chi connectivity index (χ0) is 23.4. The van der Waals surface area contributed by atoms with Gasteiger partial charge in [0.05, 0.1) is 12.3 Å². The van der Waals surface area contributed by atoms with Crippen LogP contribution < -0.4 is 15.6 Å². The molecule has 0 radical (unpaired) electrons. The van der Waals surface area contributed by atoms with E-state index in [4.69, 9.17) is 21.4 Å². The Labute approximate surface area is 187 Å². The average molecular weight is 464 g/mol. The summed E-state index contributed by atoms with van der Waals surface area (Å²) < 4.78 is 33.3. The van der Waals surface area contributed by atoms with Gasteiger partial charge in [-0.05, 0) is 43.7 Å². The van der Waals surface area contributed by atoms with Crippen LogP contribution in [-0.4, -0.2) is 33.2 Å². The van der Waals surface area contributed by atoms with Crippen molar-refractivity contribution in [2.45, 2.75) is 26.5 Å². The van der Waals surface area contributed by atoms with Crippen molar-refractivity contribution in [1.82, 2.24) is 14.9 Å². The molecule has 10 heteroatoms. The number of nitrogens with zero attached hydrogens (tertiary/aromatic N) is 2. The van der Waals surface area contributed by atoms with Gasteiger partial charge < -0.3 is 15.2 Å². The lowest BCUT2D eigenvalue weighted by Gasteiger charge is -2.14. The van der Waals surface area contributed by atoms with Gasteiger partial charge in [-0.3, -0.25) is 14.2 Å². The maximum Gasteiger partial charge on any atom is 0.280 e. The largest absolute Gasteiger partial charge is 0.471 e. The highest BCUT2D eigenvalue weighted by molar-refractivity contribution is 6.31. The van der Waals surface area contributed by atoms with Gasteiger partial charge >= 0.3 is 0 Å². The third-order valence-corrected chi connectivity index (χ3v) is 4.97. The Bertz CT molecular complexity index is 1220. The van der Waals surface area contributed by atoms with Crippen LogP contribution in [0, 0.1) is 18.6 Å².